The Hall–Kier alpha value is -1.44. The second-order valence-electron chi connectivity index (χ2n) is 6.31. The molecule has 2 aliphatic rings. The number of nitrogens with one attached hydrogen (secondary N) is 1. The molecule has 0 radical (unpaired) electrons. The number of aryl methyl sites for hydroxylation is 1. The number of hydrogen-bond acceptors (Lipinski definition) is 4. The highest BCUT2D eigenvalue weighted by Crippen LogP contribution is 2.38. The highest BCUT2D eigenvalue weighted by atomic mass is 32.2. The molecule has 1 heterocycles. The van der Waals surface area contributed by atoms with Crippen molar-refractivity contribution < 1.29 is 17.9 Å². The van der Waals surface area contributed by atoms with E-state index in [4.69, 9.17) is 4.74 Å². The maximum atomic E-state index is 12.8. The van der Waals surface area contributed by atoms with Gasteiger partial charge >= 0.3 is 0 Å². The second-order valence-corrected chi connectivity index (χ2v) is 8.21. The van der Waals surface area contributed by atoms with Crippen molar-refractivity contribution in [3.8, 4) is 0 Å². The quantitative estimate of drug-likeness (QED) is 0.905. The smallest absolute Gasteiger partial charge is 0.243 e. The minimum atomic E-state index is -3.56. The molecule has 1 N–H and O–H groups in total. The molecule has 2 atom stereocenters. The van der Waals surface area contributed by atoms with Crippen molar-refractivity contribution in [1.29, 1.82) is 0 Å². The summed E-state index contributed by atoms with van der Waals surface area (Å²) in [5.74, 6) is 0.434. The standard InChI is InChI=1S/C16H22N2O4S/c1-11-3-4-13(17-16(19)14-9-12(14)2)10-15(11)23(20,21)18-5-7-22-8-6-18/h3-4,10,12,14H,5-9H2,1-2H3,(H,17,19)/t12-,14+/m1/s1. The van der Waals surface area contributed by atoms with Gasteiger partial charge < -0.3 is 10.1 Å². The zero-order valence-electron chi connectivity index (χ0n) is 13.4. The van der Waals surface area contributed by atoms with E-state index in [1.807, 2.05) is 6.92 Å². The van der Waals surface area contributed by atoms with Crippen LogP contribution in [-0.4, -0.2) is 44.9 Å². The van der Waals surface area contributed by atoms with Crippen LogP contribution in [0.2, 0.25) is 0 Å². The van der Waals surface area contributed by atoms with Gasteiger partial charge in [0.05, 0.1) is 18.1 Å². The number of morpholine rings is 1. The lowest BCUT2D eigenvalue weighted by atomic mass is 10.2. The fourth-order valence-corrected chi connectivity index (χ4v) is 4.46. The Bertz CT molecular complexity index is 711. The first-order chi connectivity index (χ1) is 10.9. The molecule has 1 aliphatic carbocycles. The number of rotatable bonds is 4. The fraction of sp³-hybridized carbons (Fsp3) is 0.562. The van der Waals surface area contributed by atoms with Crippen LogP contribution in [0.15, 0.2) is 23.1 Å². The van der Waals surface area contributed by atoms with Crippen molar-refractivity contribution >= 4 is 21.6 Å². The lowest BCUT2D eigenvalue weighted by molar-refractivity contribution is -0.117. The Kier molecular flexibility index (Phi) is 4.44. The molecule has 0 aromatic heterocycles. The normalized spacial score (nSPS) is 25.1. The van der Waals surface area contributed by atoms with Crippen molar-refractivity contribution in [3.05, 3.63) is 23.8 Å². The molecule has 23 heavy (non-hydrogen) atoms. The Morgan fingerprint density at radius 1 is 1.30 bits per heavy atom. The summed E-state index contributed by atoms with van der Waals surface area (Å²) in [6.07, 6.45) is 0.899. The fourth-order valence-electron chi connectivity index (χ4n) is 2.80. The van der Waals surface area contributed by atoms with Crippen LogP contribution in [0, 0.1) is 18.8 Å². The number of carbonyl (C=O) groups is 1. The van der Waals surface area contributed by atoms with E-state index in [0.29, 0.717) is 43.5 Å². The Balaban J connectivity index is 1.83. The van der Waals surface area contributed by atoms with E-state index in [2.05, 4.69) is 5.32 Å². The SMILES string of the molecule is Cc1ccc(NC(=O)[C@H]2C[C@H]2C)cc1S(=O)(=O)N1CCOCC1. The lowest BCUT2D eigenvalue weighted by Gasteiger charge is -2.26. The number of sulfonamides is 1. The topological polar surface area (TPSA) is 75.7 Å². The summed E-state index contributed by atoms with van der Waals surface area (Å²) in [5, 5.41) is 2.83. The van der Waals surface area contributed by atoms with Crippen LogP contribution in [0.25, 0.3) is 0 Å². The summed E-state index contributed by atoms with van der Waals surface area (Å²) in [7, 11) is -3.56. The van der Waals surface area contributed by atoms with E-state index in [9.17, 15) is 13.2 Å². The molecule has 2 fully saturated rings. The van der Waals surface area contributed by atoms with Gasteiger partial charge in [0.15, 0.2) is 0 Å². The highest BCUT2D eigenvalue weighted by Gasteiger charge is 2.39. The van der Waals surface area contributed by atoms with Crippen molar-refractivity contribution in [2.75, 3.05) is 31.6 Å². The molecule has 1 amide bonds. The first-order valence-corrected chi connectivity index (χ1v) is 9.33. The Labute approximate surface area is 136 Å². The molecule has 7 heteroatoms. The molecule has 0 bridgehead atoms. The lowest BCUT2D eigenvalue weighted by Crippen LogP contribution is -2.40. The third kappa shape index (κ3) is 3.41. The molecule has 3 rings (SSSR count). The van der Waals surface area contributed by atoms with E-state index in [-0.39, 0.29) is 16.7 Å². The van der Waals surface area contributed by atoms with Crippen molar-refractivity contribution in [1.82, 2.24) is 4.31 Å². The molecule has 1 aromatic carbocycles. The minimum Gasteiger partial charge on any atom is -0.379 e. The van der Waals surface area contributed by atoms with E-state index in [0.717, 1.165) is 6.42 Å². The molecule has 1 aliphatic heterocycles. The van der Waals surface area contributed by atoms with Crippen LogP contribution in [0.1, 0.15) is 18.9 Å². The molecule has 1 saturated heterocycles. The number of ether oxygens (including phenoxy) is 1. The molecule has 1 saturated carbocycles. The van der Waals surface area contributed by atoms with Gasteiger partial charge in [-0.2, -0.15) is 4.31 Å². The summed E-state index contributed by atoms with van der Waals surface area (Å²) in [6, 6.07) is 5.04. The van der Waals surface area contributed by atoms with Gasteiger partial charge in [-0.15, -0.1) is 0 Å². The van der Waals surface area contributed by atoms with E-state index < -0.39 is 10.0 Å². The molecular weight excluding hydrogens is 316 g/mol. The average Bonchev–Trinajstić information content (AvgIpc) is 3.27. The van der Waals surface area contributed by atoms with Crippen molar-refractivity contribution in [2.45, 2.75) is 25.2 Å². The summed E-state index contributed by atoms with van der Waals surface area (Å²) < 4.78 is 32.3. The third-order valence-electron chi connectivity index (χ3n) is 4.49. The summed E-state index contributed by atoms with van der Waals surface area (Å²) in [4.78, 5) is 12.3. The van der Waals surface area contributed by atoms with E-state index >= 15 is 0 Å². The Morgan fingerprint density at radius 3 is 2.57 bits per heavy atom. The van der Waals surface area contributed by atoms with Gasteiger partial charge in [0.25, 0.3) is 0 Å². The van der Waals surface area contributed by atoms with Gasteiger partial charge in [-0.3, -0.25) is 4.79 Å². The molecule has 6 nitrogen and oxygen atoms in total. The number of nitrogens with zero attached hydrogens (tertiary/aromatic N) is 1. The van der Waals surface area contributed by atoms with Crippen molar-refractivity contribution in [3.63, 3.8) is 0 Å². The molecule has 126 valence electrons. The predicted molar refractivity (Wildman–Crippen MR) is 86.7 cm³/mol. The molecular formula is C16H22N2O4S. The minimum absolute atomic E-state index is 0.0314. The summed E-state index contributed by atoms with van der Waals surface area (Å²) in [6.45, 7) is 5.34. The van der Waals surface area contributed by atoms with Crippen molar-refractivity contribution in [2.24, 2.45) is 11.8 Å². The first-order valence-electron chi connectivity index (χ1n) is 7.89. The number of amides is 1. The molecule has 1 aromatic rings. The zero-order valence-corrected chi connectivity index (χ0v) is 14.2. The van der Waals surface area contributed by atoms with Crippen LogP contribution in [0.5, 0.6) is 0 Å². The van der Waals surface area contributed by atoms with Gasteiger partial charge in [0.2, 0.25) is 15.9 Å². The average molecular weight is 338 g/mol. The molecule has 0 unspecified atom stereocenters. The van der Waals surface area contributed by atoms with Crippen LogP contribution < -0.4 is 5.32 Å². The first kappa shape index (κ1) is 16.4. The van der Waals surface area contributed by atoms with Crippen LogP contribution in [0.3, 0.4) is 0 Å². The van der Waals surface area contributed by atoms with Crippen LogP contribution in [0.4, 0.5) is 5.69 Å². The number of hydrogen-bond donors (Lipinski definition) is 1. The zero-order chi connectivity index (χ0) is 16.6. The van der Waals surface area contributed by atoms with Gasteiger partial charge in [-0.1, -0.05) is 13.0 Å². The second kappa shape index (κ2) is 6.22. The number of carbonyl (C=O) groups excluding carboxylic acids is 1. The predicted octanol–water partition coefficient (Wildman–Crippen LogP) is 1.61. The largest absolute Gasteiger partial charge is 0.379 e. The van der Waals surface area contributed by atoms with Gasteiger partial charge in [0, 0.05) is 24.7 Å². The van der Waals surface area contributed by atoms with Crippen LogP contribution >= 0.6 is 0 Å². The number of benzene rings is 1. The van der Waals surface area contributed by atoms with E-state index in [1.165, 1.54) is 4.31 Å². The van der Waals surface area contributed by atoms with Gasteiger partial charge in [-0.25, -0.2) is 8.42 Å². The van der Waals surface area contributed by atoms with Gasteiger partial charge in [0.1, 0.15) is 0 Å². The number of anilines is 1. The maximum Gasteiger partial charge on any atom is 0.243 e. The third-order valence-corrected chi connectivity index (χ3v) is 6.53. The maximum absolute atomic E-state index is 12.8. The molecule has 0 spiro atoms. The van der Waals surface area contributed by atoms with E-state index in [1.54, 1.807) is 25.1 Å². The van der Waals surface area contributed by atoms with Crippen LogP contribution in [-0.2, 0) is 19.6 Å². The highest BCUT2D eigenvalue weighted by molar-refractivity contribution is 7.89. The Morgan fingerprint density at radius 2 is 1.96 bits per heavy atom. The summed E-state index contributed by atoms with van der Waals surface area (Å²) in [5.41, 5.74) is 1.21. The van der Waals surface area contributed by atoms with Gasteiger partial charge in [-0.05, 0) is 37.0 Å². The summed E-state index contributed by atoms with van der Waals surface area (Å²) >= 11 is 0. The monoisotopic (exact) mass is 338 g/mol.